The SMILES string of the molecule is C.C.C#CCCC1(CCC(=O)NCCNC(=O)c2ccccc2Oc2cncnc2N2CC3(CCN(CC4CCC(NS(C)=O)CC4)CC3)C2)N=N1.O.[HH].[HH].[HH]. The molecule has 14 nitrogen and oxygen atoms in total. The van der Waals surface area contributed by atoms with E-state index in [1.165, 1.54) is 32.0 Å². The summed E-state index contributed by atoms with van der Waals surface area (Å²) in [5.74, 6) is 4.56. The Morgan fingerprint density at radius 1 is 1.04 bits per heavy atom. The molecule has 1 atom stereocenters. The van der Waals surface area contributed by atoms with Crippen molar-refractivity contribution in [2.24, 2.45) is 21.6 Å². The van der Waals surface area contributed by atoms with Gasteiger partial charge in [-0.3, -0.25) is 9.59 Å². The second kappa shape index (κ2) is 19.9. The molecular formula is C38H65N9O5S. The Morgan fingerprint density at radius 2 is 1.74 bits per heavy atom. The summed E-state index contributed by atoms with van der Waals surface area (Å²) in [5.41, 5.74) is 0.182. The number of benzene rings is 1. The zero-order valence-electron chi connectivity index (χ0n) is 29.4. The van der Waals surface area contributed by atoms with Crippen LogP contribution in [0.4, 0.5) is 5.82 Å². The Balaban J connectivity index is 0.00000504. The Bertz CT molecular complexity index is 1610. The molecule has 1 unspecified atom stereocenters. The number of nitrogens with zero attached hydrogens (tertiary/aromatic N) is 6. The lowest BCUT2D eigenvalue weighted by molar-refractivity contribution is -0.121. The van der Waals surface area contributed by atoms with Gasteiger partial charge >= 0.3 is 0 Å². The van der Waals surface area contributed by atoms with Crippen molar-refractivity contribution in [2.75, 3.05) is 57.0 Å². The van der Waals surface area contributed by atoms with Crippen LogP contribution in [0.15, 0.2) is 47.0 Å². The molecule has 53 heavy (non-hydrogen) atoms. The molecule has 5 N–H and O–H groups in total. The molecule has 2 saturated heterocycles. The lowest BCUT2D eigenvalue weighted by atomic mass is 9.71. The van der Waals surface area contributed by atoms with Crippen LogP contribution in [0.3, 0.4) is 0 Å². The van der Waals surface area contributed by atoms with Gasteiger partial charge < -0.3 is 30.6 Å². The van der Waals surface area contributed by atoms with Gasteiger partial charge in [0.2, 0.25) is 5.91 Å². The number of para-hydroxylation sites is 1. The van der Waals surface area contributed by atoms with Crippen LogP contribution in [0.5, 0.6) is 11.5 Å². The van der Waals surface area contributed by atoms with Gasteiger partial charge in [0.1, 0.15) is 12.1 Å². The number of likely N-dealkylation sites (tertiary alicyclic amines) is 1. The van der Waals surface area contributed by atoms with Crippen molar-refractivity contribution >= 4 is 28.6 Å². The Labute approximate surface area is 322 Å². The van der Waals surface area contributed by atoms with Gasteiger partial charge in [0.25, 0.3) is 5.91 Å². The zero-order valence-corrected chi connectivity index (χ0v) is 30.3. The standard InChI is InChI=1S/C36H49N9O4S.2CH4.H2O.3H2/c1-3-4-14-36(42-43-36)15-13-32(46)38-18-19-39-34(47)29-7-5-6-8-30(29)49-31-22-37-26-40-33(31)45-24-35(25-45)16-20-44(21-17-35)23-27-9-11-28(12-10-27)41-50(2)48;;;;;;/h1,5-8,22,26-28,41H,4,9-21,23-25H2,2H3,(H,38,46)(H,39,47);2*1H4;1H2;3*1H. The summed E-state index contributed by atoms with van der Waals surface area (Å²) in [7, 11) is -0.935. The largest absolute Gasteiger partial charge is 0.451 e. The first-order valence-electron chi connectivity index (χ1n) is 17.8. The van der Waals surface area contributed by atoms with Crippen LogP contribution in [0.2, 0.25) is 0 Å². The van der Waals surface area contributed by atoms with Gasteiger partial charge in [0.15, 0.2) is 17.2 Å². The van der Waals surface area contributed by atoms with E-state index in [1.807, 2.05) is 6.07 Å². The molecule has 0 bridgehead atoms. The average Bonchev–Trinajstić information content (AvgIpc) is 3.89. The lowest BCUT2D eigenvalue weighted by Gasteiger charge is -2.54. The van der Waals surface area contributed by atoms with E-state index in [0.29, 0.717) is 55.3 Å². The van der Waals surface area contributed by atoms with E-state index in [1.54, 1.807) is 30.7 Å². The van der Waals surface area contributed by atoms with E-state index in [2.05, 4.69) is 51.3 Å². The number of hydrogen-bond acceptors (Lipinski definition) is 10. The Hall–Kier alpha value is -3.97. The summed E-state index contributed by atoms with van der Waals surface area (Å²) in [5, 5.41) is 13.8. The van der Waals surface area contributed by atoms with E-state index < -0.39 is 16.6 Å². The Kier molecular flexibility index (Phi) is 16.3. The number of amides is 2. The minimum Gasteiger partial charge on any atom is -0.451 e. The first kappa shape index (κ1) is 43.4. The highest BCUT2D eigenvalue weighted by Crippen LogP contribution is 2.45. The van der Waals surface area contributed by atoms with Crippen LogP contribution >= 0.6 is 0 Å². The maximum Gasteiger partial charge on any atom is 0.255 e. The normalized spacial score (nSPS) is 21.3. The summed E-state index contributed by atoms with van der Waals surface area (Å²) in [6.07, 6.45) is 19.3. The number of carbonyl (C=O) groups excluding carboxylic acids is 2. The van der Waals surface area contributed by atoms with Gasteiger partial charge in [0.05, 0.1) is 22.7 Å². The van der Waals surface area contributed by atoms with Gasteiger partial charge in [-0.15, -0.1) is 12.3 Å². The third kappa shape index (κ3) is 11.8. The second-order valence-electron chi connectivity index (χ2n) is 14.2. The summed E-state index contributed by atoms with van der Waals surface area (Å²) in [4.78, 5) is 39.2. The first-order chi connectivity index (χ1) is 24.3. The molecule has 1 spiro atoms. The van der Waals surface area contributed by atoms with Gasteiger partial charge in [-0.25, -0.2) is 18.9 Å². The topological polar surface area (TPSA) is 185 Å². The number of nitrogens with one attached hydrogen (secondary N) is 3. The van der Waals surface area contributed by atoms with Crippen LogP contribution in [0, 0.1) is 23.7 Å². The highest BCUT2D eigenvalue weighted by atomic mass is 32.2. The predicted molar refractivity (Wildman–Crippen MR) is 215 cm³/mol. The number of anilines is 1. The molecule has 298 valence electrons. The summed E-state index contributed by atoms with van der Waals surface area (Å²) >= 11 is 0. The molecule has 1 aromatic carbocycles. The van der Waals surface area contributed by atoms with Crippen molar-refractivity contribution in [3.8, 4) is 23.8 Å². The van der Waals surface area contributed by atoms with E-state index in [-0.39, 0.29) is 48.4 Å². The molecule has 15 heteroatoms. The third-order valence-electron chi connectivity index (χ3n) is 10.5. The van der Waals surface area contributed by atoms with Crippen LogP contribution in [0.25, 0.3) is 0 Å². The smallest absolute Gasteiger partial charge is 0.255 e. The van der Waals surface area contributed by atoms with Gasteiger partial charge in [-0.05, 0) is 69.7 Å². The molecule has 3 fully saturated rings. The number of aromatic nitrogens is 2. The van der Waals surface area contributed by atoms with E-state index in [0.717, 1.165) is 57.3 Å². The van der Waals surface area contributed by atoms with E-state index >= 15 is 0 Å². The molecule has 4 aliphatic rings. The van der Waals surface area contributed by atoms with Gasteiger partial charge in [-0.1, -0.05) is 27.0 Å². The molecule has 3 aliphatic heterocycles. The molecule has 6 rings (SSSR count). The number of ether oxygens (including phenoxy) is 1. The molecular weight excluding hydrogens is 695 g/mol. The van der Waals surface area contributed by atoms with E-state index in [9.17, 15) is 13.8 Å². The molecule has 2 amide bonds. The molecule has 1 saturated carbocycles. The average molecular weight is 760 g/mol. The fourth-order valence-corrected chi connectivity index (χ4v) is 8.23. The van der Waals surface area contributed by atoms with Crippen molar-refractivity contribution in [1.82, 2.24) is 30.2 Å². The van der Waals surface area contributed by atoms with E-state index in [4.69, 9.17) is 11.2 Å². The van der Waals surface area contributed by atoms with Gasteiger partial charge in [0, 0.05) is 80.4 Å². The van der Waals surface area contributed by atoms with Gasteiger partial charge in [-0.2, -0.15) is 10.2 Å². The van der Waals surface area contributed by atoms with Crippen LogP contribution < -0.4 is 25.0 Å². The number of piperidine rings is 1. The van der Waals surface area contributed by atoms with Crippen molar-refractivity contribution < 1.29 is 28.3 Å². The first-order valence-corrected chi connectivity index (χ1v) is 19.4. The number of carbonyl (C=O) groups is 2. The minimum absolute atomic E-state index is 0. The third-order valence-corrected chi connectivity index (χ3v) is 11.2. The van der Waals surface area contributed by atoms with Crippen molar-refractivity contribution in [3.05, 3.63) is 42.4 Å². The lowest BCUT2D eigenvalue weighted by Crippen LogP contribution is -2.61. The van der Waals surface area contributed by atoms with Crippen LogP contribution in [-0.4, -0.2) is 100 Å². The maximum absolute atomic E-state index is 13.2. The number of terminal acetylenes is 1. The fourth-order valence-electron chi connectivity index (χ4n) is 7.53. The van der Waals surface area contributed by atoms with Crippen molar-refractivity contribution in [2.45, 2.75) is 90.8 Å². The zero-order chi connectivity index (χ0) is 35.0. The highest BCUT2D eigenvalue weighted by molar-refractivity contribution is 7.82. The predicted octanol–water partition coefficient (Wildman–Crippen LogP) is 5.00. The minimum atomic E-state index is -0.935. The highest BCUT2D eigenvalue weighted by Gasteiger charge is 2.46. The summed E-state index contributed by atoms with van der Waals surface area (Å²) < 4.78 is 21.0. The maximum atomic E-state index is 13.2. The van der Waals surface area contributed by atoms with Crippen LogP contribution in [-0.2, 0) is 15.8 Å². The van der Waals surface area contributed by atoms with Crippen molar-refractivity contribution in [3.63, 3.8) is 0 Å². The molecule has 1 aliphatic carbocycles. The quantitative estimate of drug-likeness (QED) is 0.158. The summed E-state index contributed by atoms with van der Waals surface area (Å²) in [6, 6.07) is 7.49. The molecule has 2 aromatic rings. The fraction of sp³-hybridized carbons (Fsp3) is 0.632. The molecule has 1 aromatic heterocycles. The second-order valence-corrected chi connectivity index (χ2v) is 15.4. The van der Waals surface area contributed by atoms with Crippen LogP contribution in [0.1, 0.15) is 93.7 Å². The number of rotatable bonds is 16. The monoisotopic (exact) mass is 759 g/mol. The summed E-state index contributed by atoms with van der Waals surface area (Å²) in [6.45, 7) is 5.80. The number of hydrogen-bond donors (Lipinski definition) is 3. The molecule has 0 radical (unpaired) electrons. The van der Waals surface area contributed by atoms with Crippen molar-refractivity contribution in [1.29, 1.82) is 0 Å². The Morgan fingerprint density at radius 3 is 2.42 bits per heavy atom. The molecule has 4 heterocycles.